The van der Waals surface area contributed by atoms with Crippen molar-refractivity contribution < 1.29 is 9.53 Å². The Morgan fingerprint density at radius 2 is 1.96 bits per heavy atom. The van der Waals surface area contributed by atoms with Crippen LogP contribution >= 0.6 is 11.6 Å². The Bertz CT molecular complexity index is 856. The molecule has 0 saturated heterocycles. The van der Waals surface area contributed by atoms with Crippen molar-refractivity contribution in [2.24, 2.45) is 0 Å². The predicted octanol–water partition coefficient (Wildman–Crippen LogP) is 5.30. The molecular weight excluding hydrogens is 360 g/mol. The number of hydrogen-bond donors (Lipinski definition) is 1. The normalized spacial score (nSPS) is 13.4. The van der Waals surface area contributed by atoms with E-state index in [0.717, 1.165) is 12.0 Å². The molecule has 0 aliphatic rings. The van der Waals surface area contributed by atoms with Gasteiger partial charge in [-0.1, -0.05) is 54.9 Å². The number of benzene rings is 2. The Labute approximate surface area is 165 Å². The van der Waals surface area contributed by atoms with Gasteiger partial charge in [0.25, 0.3) is 5.91 Å². The monoisotopic (exact) mass is 382 g/mol. The fraction of sp³-hybridized carbons (Fsp3) is 0.273. The van der Waals surface area contributed by atoms with Gasteiger partial charge in [-0.3, -0.25) is 4.79 Å². The van der Waals surface area contributed by atoms with Gasteiger partial charge in [0.15, 0.2) is 0 Å². The first-order valence-corrected chi connectivity index (χ1v) is 9.26. The fourth-order valence-electron chi connectivity index (χ4n) is 2.42. The average molecular weight is 383 g/mol. The van der Waals surface area contributed by atoms with Gasteiger partial charge in [-0.25, -0.2) is 0 Å². The lowest BCUT2D eigenvalue weighted by molar-refractivity contribution is -0.117. The first-order chi connectivity index (χ1) is 12.9. The van der Waals surface area contributed by atoms with Crippen LogP contribution in [-0.4, -0.2) is 12.0 Å². The summed E-state index contributed by atoms with van der Waals surface area (Å²) in [5.74, 6) is 0.161. The molecule has 0 aromatic heterocycles. The molecule has 0 saturated carbocycles. The van der Waals surface area contributed by atoms with Gasteiger partial charge in [-0.05, 0) is 49.6 Å². The third kappa shape index (κ3) is 5.87. The molecule has 27 heavy (non-hydrogen) atoms. The van der Waals surface area contributed by atoms with Gasteiger partial charge >= 0.3 is 0 Å². The number of nitrogens with zero attached hydrogens (tertiary/aromatic N) is 1. The van der Waals surface area contributed by atoms with Crippen LogP contribution in [0.15, 0.2) is 54.1 Å². The molecule has 1 amide bonds. The van der Waals surface area contributed by atoms with E-state index in [0.29, 0.717) is 16.3 Å². The average Bonchev–Trinajstić information content (AvgIpc) is 2.68. The molecule has 4 nitrogen and oxygen atoms in total. The standard InChI is InChI=1S/C22H23ClN2O2/c1-4-15(2)27-21-11-10-17(13-20(21)23)12-19(14-24)22(26)25-16(3)18-8-6-5-7-9-18/h5-13,15-16H,4H2,1-3H3,(H,25,26)/b19-12-/t15-,16+/m1/s1. The van der Waals surface area contributed by atoms with Crippen LogP contribution in [0.25, 0.3) is 6.08 Å². The summed E-state index contributed by atoms with van der Waals surface area (Å²) in [7, 11) is 0. The van der Waals surface area contributed by atoms with Crippen molar-refractivity contribution >= 4 is 23.6 Å². The number of hydrogen-bond acceptors (Lipinski definition) is 3. The van der Waals surface area contributed by atoms with Crippen molar-refractivity contribution in [3.05, 3.63) is 70.3 Å². The van der Waals surface area contributed by atoms with Crippen LogP contribution in [0.2, 0.25) is 5.02 Å². The van der Waals surface area contributed by atoms with Crippen LogP contribution in [-0.2, 0) is 4.79 Å². The number of carbonyl (C=O) groups is 1. The summed E-state index contributed by atoms with van der Waals surface area (Å²) in [6.07, 6.45) is 2.45. The van der Waals surface area contributed by atoms with Gasteiger partial charge in [0, 0.05) is 0 Å². The van der Waals surface area contributed by atoms with Gasteiger partial charge in [0.05, 0.1) is 17.2 Å². The predicted molar refractivity (Wildman–Crippen MR) is 108 cm³/mol. The Hall–Kier alpha value is -2.77. The summed E-state index contributed by atoms with van der Waals surface area (Å²) in [4.78, 5) is 12.4. The topological polar surface area (TPSA) is 62.1 Å². The third-order valence-corrected chi connectivity index (χ3v) is 4.48. The van der Waals surface area contributed by atoms with Crippen LogP contribution in [0.1, 0.15) is 44.4 Å². The lowest BCUT2D eigenvalue weighted by atomic mass is 10.1. The second-order valence-corrected chi connectivity index (χ2v) is 6.71. The van der Waals surface area contributed by atoms with E-state index in [9.17, 15) is 10.1 Å². The smallest absolute Gasteiger partial charge is 0.262 e. The maximum absolute atomic E-state index is 12.4. The molecular formula is C22H23ClN2O2. The highest BCUT2D eigenvalue weighted by molar-refractivity contribution is 6.32. The second kappa shape index (κ2) is 9.80. The van der Waals surface area contributed by atoms with E-state index >= 15 is 0 Å². The SMILES string of the molecule is CC[C@@H](C)Oc1ccc(/C=C(/C#N)C(=O)N[C@@H](C)c2ccccc2)cc1Cl. The second-order valence-electron chi connectivity index (χ2n) is 6.30. The summed E-state index contributed by atoms with van der Waals surface area (Å²) in [6.45, 7) is 5.88. The summed E-state index contributed by atoms with van der Waals surface area (Å²) >= 11 is 6.26. The minimum absolute atomic E-state index is 0.0180. The van der Waals surface area contributed by atoms with Gasteiger partial charge < -0.3 is 10.1 Å². The molecule has 0 unspecified atom stereocenters. The largest absolute Gasteiger partial charge is 0.489 e. The van der Waals surface area contributed by atoms with Gasteiger partial charge in [-0.15, -0.1) is 0 Å². The first kappa shape index (κ1) is 20.5. The van der Waals surface area contributed by atoms with Crippen LogP contribution < -0.4 is 10.1 Å². The minimum atomic E-state index is -0.426. The number of carbonyl (C=O) groups excluding carboxylic acids is 1. The lowest BCUT2D eigenvalue weighted by Gasteiger charge is -2.14. The highest BCUT2D eigenvalue weighted by atomic mass is 35.5. The van der Waals surface area contributed by atoms with Crippen LogP contribution in [0.5, 0.6) is 5.75 Å². The number of amides is 1. The number of nitrogens with one attached hydrogen (secondary N) is 1. The molecule has 0 spiro atoms. The zero-order valence-electron chi connectivity index (χ0n) is 15.7. The molecule has 0 aliphatic carbocycles. The van der Waals surface area contributed by atoms with Crippen LogP contribution in [0.3, 0.4) is 0 Å². The van der Waals surface area contributed by atoms with E-state index in [-0.39, 0.29) is 17.7 Å². The molecule has 140 valence electrons. The van der Waals surface area contributed by atoms with Crippen molar-refractivity contribution in [2.45, 2.75) is 39.3 Å². The highest BCUT2D eigenvalue weighted by Crippen LogP contribution is 2.27. The number of ether oxygens (including phenoxy) is 1. The maximum atomic E-state index is 12.4. The Balaban J connectivity index is 2.14. The molecule has 0 fully saturated rings. The number of nitriles is 1. The molecule has 0 aliphatic heterocycles. The summed E-state index contributed by atoms with van der Waals surface area (Å²) in [5.41, 5.74) is 1.65. The van der Waals surface area contributed by atoms with Gasteiger partial charge in [0.1, 0.15) is 17.4 Å². The number of rotatable bonds is 7. The lowest BCUT2D eigenvalue weighted by Crippen LogP contribution is -2.27. The molecule has 1 N–H and O–H groups in total. The van der Waals surface area contributed by atoms with E-state index in [2.05, 4.69) is 5.32 Å². The van der Waals surface area contributed by atoms with E-state index in [1.54, 1.807) is 18.2 Å². The van der Waals surface area contributed by atoms with Crippen molar-refractivity contribution in [2.75, 3.05) is 0 Å². The van der Waals surface area contributed by atoms with Crippen LogP contribution in [0, 0.1) is 11.3 Å². The summed E-state index contributed by atoms with van der Waals surface area (Å²) < 4.78 is 5.73. The maximum Gasteiger partial charge on any atom is 0.262 e. The molecule has 0 bridgehead atoms. The molecule has 2 aromatic carbocycles. The van der Waals surface area contributed by atoms with E-state index in [1.165, 1.54) is 6.08 Å². The van der Waals surface area contributed by atoms with Gasteiger partial charge in [-0.2, -0.15) is 5.26 Å². The molecule has 2 atom stereocenters. The van der Waals surface area contributed by atoms with Crippen molar-refractivity contribution in [3.8, 4) is 11.8 Å². The summed E-state index contributed by atoms with van der Waals surface area (Å²) in [6, 6.07) is 16.5. The molecule has 2 rings (SSSR count). The molecule has 2 aromatic rings. The number of halogens is 1. The quantitative estimate of drug-likeness (QED) is 0.522. The Kier molecular flexibility index (Phi) is 7.45. The summed E-state index contributed by atoms with van der Waals surface area (Å²) in [5, 5.41) is 12.7. The fourth-order valence-corrected chi connectivity index (χ4v) is 2.65. The zero-order chi connectivity index (χ0) is 19.8. The third-order valence-electron chi connectivity index (χ3n) is 4.18. The Morgan fingerprint density at radius 1 is 1.26 bits per heavy atom. The molecule has 0 radical (unpaired) electrons. The zero-order valence-corrected chi connectivity index (χ0v) is 16.5. The van der Waals surface area contributed by atoms with Crippen LogP contribution in [0.4, 0.5) is 0 Å². The van der Waals surface area contributed by atoms with E-state index in [1.807, 2.05) is 57.2 Å². The molecule has 5 heteroatoms. The van der Waals surface area contributed by atoms with E-state index in [4.69, 9.17) is 16.3 Å². The highest BCUT2D eigenvalue weighted by Gasteiger charge is 2.14. The first-order valence-electron chi connectivity index (χ1n) is 8.88. The molecule has 0 heterocycles. The van der Waals surface area contributed by atoms with Crippen molar-refractivity contribution in [3.63, 3.8) is 0 Å². The minimum Gasteiger partial charge on any atom is -0.489 e. The van der Waals surface area contributed by atoms with Crippen molar-refractivity contribution in [1.82, 2.24) is 5.32 Å². The van der Waals surface area contributed by atoms with Crippen molar-refractivity contribution in [1.29, 1.82) is 5.26 Å². The van der Waals surface area contributed by atoms with E-state index < -0.39 is 5.91 Å². The van der Waals surface area contributed by atoms with Gasteiger partial charge in [0.2, 0.25) is 0 Å². The Morgan fingerprint density at radius 3 is 2.56 bits per heavy atom.